The summed E-state index contributed by atoms with van der Waals surface area (Å²) in [6, 6.07) is 3.35. The van der Waals surface area contributed by atoms with Crippen molar-refractivity contribution in [2.75, 3.05) is 6.61 Å². The molecule has 1 aromatic heterocycles. The lowest BCUT2D eigenvalue weighted by atomic mass is 10.1. The molecule has 106 valence electrons. The fourth-order valence-corrected chi connectivity index (χ4v) is 2.58. The van der Waals surface area contributed by atoms with Crippen LogP contribution in [-0.2, 0) is 6.54 Å². The van der Waals surface area contributed by atoms with Crippen LogP contribution in [0.2, 0.25) is 0 Å². The average Bonchev–Trinajstić information content (AvgIpc) is 2.89. The van der Waals surface area contributed by atoms with Crippen LogP contribution in [0.1, 0.15) is 17.5 Å². The molecule has 20 heavy (non-hydrogen) atoms. The molecule has 1 heterocycles. The maximum Gasteiger partial charge on any atom is 0.311 e. The molecule has 0 atom stereocenters. The molecule has 0 saturated heterocycles. The maximum absolute atomic E-state index is 11.2. The second-order valence-electron chi connectivity index (χ2n) is 4.18. The highest BCUT2D eigenvalue weighted by Crippen LogP contribution is 2.39. The van der Waals surface area contributed by atoms with Crippen molar-refractivity contribution < 1.29 is 9.66 Å². The van der Waals surface area contributed by atoms with Crippen LogP contribution in [0.4, 0.5) is 5.69 Å². The molecule has 0 amide bonds. The Balaban J connectivity index is 2.63. The van der Waals surface area contributed by atoms with Crippen molar-refractivity contribution in [1.82, 2.24) is 4.98 Å². The summed E-state index contributed by atoms with van der Waals surface area (Å²) in [6.07, 6.45) is 0. The number of rotatable bonds is 5. The zero-order valence-electron chi connectivity index (χ0n) is 11.3. The summed E-state index contributed by atoms with van der Waals surface area (Å²) in [7, 11) is 0. The first-order valence-corrected chi connectivity index (χ1v) is 7.01. The molecule has 1 aromatic carbocycles. The Labute approximate surface area is 120 Å². The van der Waals surface area contributed by atoms with Gasteiger partial charge in [0.25, 0.3) is 0 Å². The number of hydrogen-bond acceptors (Lipinski definition) is 6. The molecule has 0 bridgehead atoms. The minimum atomic E-state index is -0.433. The summed E-state index contributed by atoms with van der Waals surface area (Å²) in [5.41, 5.74) is 7.60. The Morgan fingerprint density at radius 1 is 1.50 bits per heavy atom. The SMILES string of the molecule is CCOc1c(-c2csc(CN)n2)cc(C)cc1[N+](=O)[O-]. The summed E-state index contributed by atoms with van der Waals surface area (Å²) in [5, 5.41) is 13.8. The number of thiazole rings is 1. The molecule has 0 fully saturated rings. The molecule has 2 aromatic rings. The number of ether oxygens (including phenoxy) is 1. The molecule has 0 unspecified atom stereocenters. The van der Waals surface area contributed by atoms with Crippen LogP contribution < -0.4 is 10.5 Å². The number of nitro benzene ring substituents is 1. The van der Waals surface area contributed by atoms with Crippen LogP contribution in [-0.4, -0.2) is 16.5 Å². The lowest BCUT2D eigenvalue weighted by Crippen LogP contribution is -2.01. The van der Waals surface area contributed by atoms with Gasteiger partial charge in [0.05, 0.1) is 22.8 Å². The minimum Gasteiger partial charge on any atom is -0.487 e. The predicted molar refractivity (Wildman–Crippen MR) is 78.0 cm³/mol. The van der Waals surface area contributed by atoms with Gasteiger partial charge in [-0.2, -0.15) is 0 Å². The lowest BCUT2D eigenvalue weighted by molar-refractivity contribution is -0.385. The zero-order valence-corrected chi connectivity index (χ0v) is 12.1. The van der Waals surface area contributed by atoms with Crippen LogP contribution in [0.15, 0.2) is 17.5 Å². The number of aryl methyl sites for hydroxylation is 1. The van der Waals surface area contributed by atoms with E-state index in [-0.39, 0.29) is 11.4 Å². The van der Waals surface area contributed by atoms with Gasteiger partial charge in [-0.1, -0.05) is 0 Å². The highest BCUT2D eigenvalue weighted by Gasteiger charge is 2.22. The van der Waals surface area contributed by atoms with Crippen LogP contribution in [0, 0.1) is 17.0 Å². The van der Waals surface area contributed by atoms with Gasteiger partial charge in [0.15, 0.2) is 0 Å². The van der Waals surface area contributed by atoms with Gasteiger partial charge >= 0.3 is 5.69 Å². The van der Waals surface area contributed by atoms with Gasteiger partial charge in [0.2, 0.25) is 5.75 Å². The van der Waals surface area contributed by atoms with Crippen LogP contribution in [0.5, 0.6) is 5.75 Å². The zero-order chi connectivity index (χ0) is 14.7. The first-order chi connectivity index (χ1) is 9.56. The normalized spacial score (nSPS) is 10.6. The van der Waals surface area contributed by atoms with E-state index < -0.39 is 4.92 Å². The average molecular weight is 293 g/mol. The van der Waals surface area contributed by atoms with E-state index in [1.54, 1.807) is 6.92 Å². The summed E-state index contributed by atoms with van der Waals surface area (Å²) >= 11 is 1.43. The number of nitrogens with two attached hydrogens (primary N) is 1. The highest BCUT2D eigenvalue weighted by molar-refractivity contribution is 7.09. The summed E-state index contributed by atoms with van der Waals surface area (Å²) in [6.45, 7) is 4.30. The number of nitrogens with zero attached hydrogens (tertiary/aromatic N) is 2. The van der Waals surface area contributed by atoms with Gasteiger partial charge in [-0.3, -0.25) is 10.1 Å². The Morgan fingerprint density at radius 3 is 2.80 bits per heavy atom. The van der Waals surface area contributed by atoms with E-state index in [2.05, 4.69) is 4.98 Å². The van der Waals surface area contributed by atoms with E-state index in [9.17, 15) is 10.1 Å². The third-order valence-corrected chi connectivity index (χ3v) is 3.57. The van der Waals surface area contributed by atoms with E-state index in [1.165, 1.54) is 17.4 Å². The second-order valence-corrected chi connectivity index (χ2v) is 5.12. The largest absolute Gasteiger partial charge is 0.487 e. The molecule has 0 radical (unpaired) electrons. The molecular formula is C13H15N3O3S. The van der Waals surface area contributed by atoms with Gasteiger partial charge in [0.1, 0.15) is 5.01 Å². The minimum absolute atomic E-state index is 0.0378. The molecule has 2 rings (SSSR count). The van der Waals surface area contributed by atoms with Crippen molar-refractivity contribution >= 4 is 17.0 Å². The Bertz CT molecular complexity index is 640. The molecule has 0 spiro atoms. The van der Waals surface area contributed by atoms with Gasteiger partial charge in [-0.05, 0) is 25.5 Å². The third kappa shape index (κ3) is 2.78. The number of nitro groups is 1. The maximum atomic E-state index is 11.2. The third-order valence-electron chi connectivity index (χ3n) is 2.70. The van der Waals surface area contributed by atoms with E-state index in [4.69, 9.17) is 10.5 Å². The molecular weight excluding hydrogens is 278 g/mol. The molecule has 0 aliphatic carbocycles. The Morgan fingerprint density at radius 2 is 2.25 bits per heavy atom. The van der Waals surface area contributed by atoms with E-state index in [0.717, 1.165) is 10.6 Å². The van der Waals surface area contributed by atoms with Crippen molar-refractivity contribution in [2.24, 2.45) is 5.73 Å². The van der Waals surface area contributed by atoms with E-state index in [0.29, 0.717) is 24.4 Å². The summed E-state index contributed by atoms with van der Waals surface area (Å²) in [4.78, 5) is 15.1. The molecule has 0 aliphatic heterocycles. The van der Waals surface area contributed by atoms with Gasteiger partial charge in [-0.25, -0.2) is 4.98 Å². The van der Waals surface area contributed by atoms with Gasteiger partial charge < -0.3 is 10.5 Å². The standard InChI is InChI=1S/C13H15N3O3S/c1-3-19-13-9(10-7-20-12(6-14)15-10)4-8(2)5-11(13)16(17)18/h4-5,7H,3,6,14H2,1-2H3. The Hall–Kier alpha value is -1.99. The first-order valence-electron chi connectivity index (χ1n) is 6.13. The van der Waals surface area contributed by atoms with Crippen molar-refractivity contribution in [3.63, 3.8) is 0 Å². The fraction of sp³-hybridized carbons (Fsp3) is 0.308. The smallest absolute Gasteiger partial charge is 0.311 e. The van der Waals surface area contributed by atoms with Crippen LogP contribution in [0.3, 0.4) is 0 Å². The first kappa shape index (κ1) is 14.4. The second kappa shape index (κ2) is 5.98. The van der Waals surface area contributed by atoms with E-state index in [1.807, 2.05) is 18.4 Å². The number of aromatic nitrogens is 1. The van der Waals surface area contributed by atoms with Crippen molar-refractivity contribution in [2.45, 2.75) is 20.4 Å². The van der Waals surface area contributed by atoms with Crippen LogP contribution >= 0.6 is 11.3 Å². The highest BCUT2D eigenvalue weighted by atomic mass is 32.1. The fourth-order valence-electron chi connectivity index (χ4n) is 1.90. The van der Waals surface area contributed by atoms with Crippen molar-refractivity contribution in [3.8, 4) is 17.0 Å². The molecule has 7 heteroatoms. The topological polar surface area (TPSA) is 91.3 Å². The summed E-state index contributed by atoms with van der Waals surface area (Å²) < 4.78 is 5.47. The quantitative estimate of drug-likeness (QED) is 0.676. The lowest BCUT2D eigenvalue weighted by Gasteiger charge is -2.10. The number of benzene rings is 1. The summed E-state index contributed by atoms with van der Waals surface area (Å²) in [5.74, 6) is 0.261. The van der Waals surface area contributed by atoms with Gasteiger partial charge in [-0.15, -0.1) is 11.3 Å². The molecule has 0 saturated carbocycles. The van der Waals surface area contributed by atoms with Crippen molar-refractivity contribution in [1.29, 1.82) is 0 Å². The molecule has 2 N–H and O–H groups in total. The monoisotopic (exact) mass is 293 g/mol. The van der Waals surface area contributed by atoms with Crippen LogP contribution in [0.25, 0.3) is 11.3 Å². The number of hydrogen-bond donors (Lipinski definition) is 1. The predicted octanol–water partition coefficient (Wildman–Crippen LogP) is 2.88. The van der Waals surface area contributed by atoms with E-state index >= 15 is 0 Å². The van der Waals surface area contributed by atoms with Gasteiger partial charge in [0, 0.05) is 18.0 Å². The Kier molecular flexibility index (Phi) is 4.31. The molecule has 0 aliphatic rings. The van der Waals surface area contributed by atoms with Crippen molar-refractivity contribution in [3.05, 3.63) is 38.2 Å². The molecule has 6 nitrogen and oxygen atoms in total.